The second-order valence-corrected chi connectivity index (χ2v) is 5.07. The van der Waals surface area contributed by atoms with Gasteiger partial charge in [0.25, 0.3) is 0 Å². The van der Waals surface area contributed by atoms with Crippen LogP contribution in [0.4, 0.5) is 5.69 Å². The SMILES string of the molecule is O=[N+]([O-])c1c(Cl)cccc1OC1O[C@H](CO)[C@@H](O)[C@H](O)[C@H]1O. The van der Waals surface area contributed by atoms with Gasteiger partial charge in [-0.2, -0.15) is 0 Å². The molecular weight excluding hydrogens is 322 g/mol. The Morgan fingerprint density at radius 2 is 1.95 bits per heavy atom. The highest BCUT2D eigenvalue weighted by molar-refractivity contribution is 6.32. The molecule has 1 aromatic carbocycles. The first-order valence-electron chi connectivity index (χ1n) is 6.27. The zero-order valence-corrected chi connectivity index (χ0v) is 11.8. The van der Waals surface area contributed by atoms with E-state index in [9.17, 15) is 25.4 Å². The van der Waals surface area contributed by atoms with E-state index in [2.05, 4.69) is 0 Å². The fraction of sp³-hybridized carbons (Fsp3) is 0.500. The van der Waals surface area contributed by atoms with Crippen molar-refractivity contribution in [3.63, 3.8) is 0 Å². The van der Waals surface area contributed by atoms with Crippen LogP contribution in [0, 0.1) is 10.1 Å². The molecule has 122 valence electrons. The molecule has 1 aromatic rings. The third-order valence-electron chi connectivity index (χ3n) is 3.22. The van der Waals surface area contributed by atoms with E-state index in [0.717, 1.165) is 0 Å². The Bertz CT molecular complexity index is 554. The Balaban J connectivity index is 2.27. The highest BCUT2D eigenvalue weighted by Gasteiger charge is 2.45. The summed E-state index contributed by atoms with van der Waals surface area (Å²) in [6, 6.07) is 3.93. The van der Waals surface area contributed by atoms with Crippen molar-refractivity contribution < 1.29 is 34.8 Å². The van der Waals surface area contributed by atoms with Gasteiger partial charge in [0.15, 0.2) is 0 Å². The molecule has 22 heavy (non-hydrogen) atoms. The van der Waals surface area contributed by atoms with E-state index in [-0.39, 0.29) is 10.8 Å². The summed E-state index contributed by atoms with van der Waals surface area (Å²) in [5.41, 5.74) is -0.527. The van der Waals surface area contributed by atoms with Crippen LogP contribution < -0.4 is 4.74 Å². The van der Waals surface area contributed by atoms with Gasteiger partial charge in [0, 0.05) is 0 Å². The van der Waals surface area contributed by atoms with E-state index in [1.54, 1.807) is 0 Å². The van der Waals surface area contributed by atoms with Crippen molar-refractivity contribution in [1.29, 1.82) is 0 Å². The number of nitro benzene ring substituents is 1. The van der Waals surface area contributed by atoms with Crippen molar-refractivity contribution in [2.45, 2.75) is 30.7 Å². The number of aliphatic hydroxyl groups excluding tert-OH is 4. The molecule has 1 fully saturated rings. The lowest BCUT2D eigenvalue weighted by atomic mass is 9.99. The van der Waals surface area contributed by atoms with Gasteiger partial charge in [-0.05, 0) is 12.1 Å². The topological polar surface area (TPSA) is 143 Å². The number of hydrogen-bond acceptors (Lipinski definition) is 8. The van der Waals surface area contributed by atoms with Gasteiger partial charge in [0.05, 0.1) is 11.5 Å². The summed E-state index contributed by atoms with van der Waals surface area (Å²) in [6.45, 7) is -0.636. The Morgan fingerprint density at radius 1 is 1.27 bits per heavy atom. The van der Waals surface area contributed by atoms with Gasteiger partial charge in [-0.25, -0.2) is 0 Å². The lowest BCUT2D eigenvalue weighted by Gasteiger charge is -2.39. The molecule has 2 rings (SSSR count). The fourth-order valence-electron chi connectivity index (χ4n) is 2.06. The average Bonchev–Trinajstić information content (AvgIpc) is 2.47. The molecule has 1 saturated heterocycles. The molecule has 1 unspecified atom stereocenters. The van der Waals surface area contributed by atoms with E-state index in [0.29, 0.717) is 0 Å². The molecule has 0 radical (unpaired) electrons. The summed E-state index contributed by atoms with van der Waals surface area (Å²) in [5.74, 6) is -0.276. The number of rotatable bonds is 4. The van der Waals surface area contributed by atoms with Crippen LogP contribution >= 0.6 is 11.6 Å². The fourth-order valence-corrected chi connectivity index (χ4v) is 2.29. The molecule has 1 aliphatic rings. The van der Waals surface area contributed by atoms with Crippen LogP contribution in [0.3, 0.4) is 0 Å². The van der Waals surface area contributed by atoms with E-state index < -0.39 is 47.9 Å². The van der Waals surface area contributed by atoms with Crippen LogP contribution in [-0.4, -0.2) is 62.7 Å². The lowest BCUT2D eigenvalue weighted by molar-refractivity contribution is -0.387. The van der Waals surface area contributed by atoms with Crippen LogP contribution in [0.2, 0.25) is 5.02 Å². The quantitative estimate of drug-likeness (QED) is 0.423. The number of ether oxygens (including phenoxy) is 2. The van der Waals surface area contributed by atoms with Crippen LogP contribution in [0.25, 0.3) is 0 Å². The van der Waals surface area contributed by atoms with Crippen LogP contribution in [-0.2, 0) is 4.74 Å². The predicted octanol–water partition coefficient (Wildman–Crippen LogP) is -0.573. The van der Waals surface area contributed by atoms with Crippen molar-refractivity contribution >= 4 is 17.3 Å². The van der Waals surface area contributed by atoms with E-state index in [4.69, 9.17) is 26.2 Å². The number of para-hydroxylation sites is 1. The second-order valence-electron chi connectivity index (χ2n) is 4.66. The van der Waals surface area contributed by atoms with Gasteiger partial charge >= 0.3 is 5.69 Å². The molecule has 4 N–H and O–H groups in total. The maximum Gasteiger partial charge on any atom is 0.329 e. The molecule has 0 spiro atoms. The van der Waals surface area contributed by atoms with Crippen molar-refractivity contribution in [3.05, 3.63) is 33.3 Å². The summed E-state index contributed by atoms with van der Waals surface area (Å²) < 4.78 is 10.3. The third-order valence-corrected chi connectivity index (χ3v) is 3.53. The Labute approximate surface area is 129 Å². The van der Waals surface area contributed by atoms with E-state index >= 15 is 0 Å². The van der Waals surface area contributed by atoms with Crippen LogP contribution in [0.15, 0.2) is 18.2 Å². The summed E-state index contributed by atoms with van der Waals surface area (Å²) in [4.78, 5) is 10.2. The van der Waals surface area contributed by atoms with Crippen molar-refractivity contribution in [1.82, 2.24) is 0 Å². The van der Waals surface area contributed by atoms with Gasteiger partial charge in [-0.15, -0.1) is 0 Å². The number of nitrogens with zero attached hydrogens (tertiary/aromatic N) is 1. The van der Waals surface area contributed by atoms with Gasteiger partial charge in [0.2, 0.25) is 12.0 Å². The number of nitro groups is 1. The summed E-state index contributed by atoms with van der Waals surface area (Å²) in [6.07, 6.45) is -7.56. The summed E-state index contributed by atoms with van der Waals surface area (Å²) >= 11 is 5.73. The average molecular weight is 336 g/mol. The van der Waals surface area contributed by atoms with Crippen LogP contribution in [0.1, 0.15) is 0 Å². The molecule has 1 heterocycles. The smallest absolute Gasteiger partial charge is 0.329 e. The first-order chi connectivity index (χ1) is 10.4. The largest absolute Gasteiger partial charge is 0.455 e. The number of halogens is 1. The van der Waals surface area contributed by atoms with Crippen LogP contribution in [0.5, 0.6) is 5.75 Å². The highest BCUT2D eigenvalue weighted by atomic mass is 35.5. The Hall–Kier alpha value is -1.49. The number of aliphatic hydroxyl groups is 4. The van der Waals surface area contributed by atoms with Gasteiger partial charge < -0.3 is 29.9 Å². The summed E-state index contributed by atoms with van der Waals surface area (Å²) in [5, 5.41) is 49.0. The molecule has 0 saturated carbocycles. The molecule has 9 nitrogen and oxygen atoms in total. The molecule has 0 bridgehead atoms. The molecule has 10 heteroatoms. The molecule has 0 amide bonds. The maximum atomic E-state index is 11.0. The van der Waals surface area contributed by atoms with Gasteiger partial charge in [-0.1, -0.05) is 17.7 Å². The van der Waals surface area contributed by atoms with E-state index in [1.165, 1.54) is 18.2 Å². The minimum Gasteiger partial charge on any atom is -0.455 e. The Kier molecular flexibility index (Phi) is 5.16. The van der Waals surface area contributed by atoms with Crippen molar-refractivity contribution in [3.8, 4) is 5.75 Å². The van der Waals surface area contributed by atoms with Crippen molar-refractivity contribution in [2.24, 2.45) is 0 Å². The first kappa shape index (κ1) is 16.9. The molecule has 0 aliphatic carbocycles. The minimum atomic E-state index is -1.67. The third kappa shape index (κ3) is 3.14. The highest BCUT2D eigenvalue weighted by Crippen LogP contribution is 2.36. The molecular formula is C12H14ClNO8. The van der Waals surface area contributed by atoms with Gasteiger partial charge in [0.1, 0.15) is 29.4 Å². The summed E-state index contributed by atoms with van der Waals surface area (Å²) in [7, 11) is 0. The van der Waals surface area contributed by atoms with Gasteiger partial charge in [-0.3, -0.25) is 10.1 Å². The number of hydrogen-bond donors (Lipinski definition) is 4. The molecule has 5 atom stereocenters. The zero-order valence-electron chi connectivity index (χ0n) is 11.1. The van der Waals surface area contributed by atoms with E-state index in [1.807, 2.05) is 0 Å². The maximum absolute atomic E-state index is 11.0. The predicted molar refractivity (Wildman–Crippen MR) is 72.5 cm³/mol. The normalized spacial score (nSPS) is 31.8. The molecule has 1 aliphatic heterocycles. The zero-order chi connectivity index (χ0) is 16.4. The second kappa shape index (κ2) is 6.73. The first-order valence-corrected chi connectivity index (χ1v) is 6.64. The number of benzene rings is 1. The molecule has 0 aromatic heterocycles. The minimum absolute atomic E-state index is 0.174. The van der Waals surface area contributed by atoms with Crippen molar-refractivity contribution in [2.75, 3.05) is 6.61 Å². The monoisotopic (exact) mass is 335 g/mol. The lowest BCUT2D eigenvalue weighted by Crippen LogP contribution is -2.60. The standard InChI is InChI=1S/C12H14ClNO8/c13-5-2-1-3-6(8(5)14(19)20)21-12-11(18)10(17)9(16)7(4-15)22-12/h1-3,7,9-12,15-18H,4H2/t7-,9-,10+,11-,12?/m1/s1. The Morgan fingerprint density at radius 3 is 2.55 bits per heavy atom.